The van der Waals surface area contributed by atoms with Crippen LogP contribution >= 0.6 is 0 Å². The van der Waals surface area contributed by atoms with Crippen molar-refractivity contribution in [1.82, 2.24) is 10.1 Å². The van der Waals surface area contributed by atoms with Gasteiger partial charge in [0.1, 0.15) is 0 Å². The first-order chi connectivity index (χ1) is 13.2. The standard InChI is InChI=1S/C20H21N3O4/c1-3-26-16-10-9-14(13-17(16)25-2)20-22-19(27-23-20)12-11-18(24)21-15-7-5-4-6-8-15/h4-10,13H,3,11-12H2,1-2H3,(H,21,24). The number of hydrogen-bond donors (Lipinski definition) is 1. The quantitative estimate of drug-likeness (QED) is 0.653. The maximum Gasteiger partial charge on any atom is 0.227 e. The molecule has 27 heavy (non-hydrogen) atoms. The minimum atomic E-state index is -0.108. The van der Waals surface area contributed by atoms with Crippen LogP contribution in [-0.2, 0) is 11.2 Å². The van der Waals surface area contributed by atoms with Crippen molar-refractivity contribution >= 4 is 11.6 Å². The maximum absolute atomic E-state index is 12.0. The molecule has 0 saturated carbocycles. The van der Waals surface area contributed by atoms with Gasteiger partial charge in [0.2, 0.25) is 17.6 Å². The van der Waals surface area contributed by atoms with Crippen LogP contribution in [0.15, 0.2) is 53.1 Å². The van der Waals surface area contributed by atoms with Gasteiger partial charge in [-0.3, -0.25) is 4.79 Å². The first-order valence-corrected chi connectivity index (χ1v) is 8.68. The van der Waals surface area contributed by atoms with Gasteiger partial charge in [-0.1, -0.05) is 23.4 Å². The summed E-state index contributed by atoms with van der Waals surface area (Å²) in [5, 5.41) is 6.81. The van der Waals surface area contributed by atoms with Gasteiger partial charge in [-0.05, 0) is 37.3 Å². The summed E-state index contributed by atoms with van der Waals surface area (Å²) in [5.74, 6) is 1.99. The number of carbonyl (C=O) groups excluding carboxylic acids is 1. The lowest BCUT2D eigenvalue weighted by atomic mass is 10.2. The smallest absolute Gasteiger partial charge is 0.227 e. The molecule has 7 nitrogen and oxygen atoms in total. The van der Waals surface area contributed by atoms with Crippen molar-refractivity contribution in [2.45, 2.75) is 19.8 Å². The molecule has 0 aliphatic heterocycles. The molecule has 0 aliphatic rings. The van der Waals surface area contributed by atoms with Gasteiger partial charge in [0.25, 0.3) is 0 Å². The molecule has 1 aromatic heterocycles. The van der Waals surface area contributed by atoms with Crippen molar-refractivity contribution in [3.05, 3.63) is 54.4 Å². The summed E-state index contributed by atoms with van der Waals surface area (Å²) in [6.45, 7) is 2.46. The molecule has 7 heteroatoms. The van der Waals surface area contributed by atoms with Crippen molar-refractivity contribution in [2.24, 2.45) is 0 Å². The summed E-state index contributed by atoms with van der Waals surface area (Å²) in [4.78, 5) is 16.4. The van der Waals surface area contributed by atoms with E-state index in [2.05, 4.69) is 15.5 Å². The fourth-order valence-electron chi connectivity index (χ4n) is 2.52. The zero-order valence-corrected chi connectivity index (χ0v) is 15.3. The number of aromatic nitrogens is 2. The van der Waals surface area contributed by atoms with E-state index in [0.29, 0.717) is 36.2 Å². The number of para-hydroxylation sites is 1. The zero-order chi connectivity index (χ0) is 19.1. The van der Waals surface area contributed by atoms with Gasteiger partial charge >= 0.3 is 0 Å². The molecule has 1 heterocycles. The number of methoxy groups -OCH3 is 1. The van der Waals surface area contributed by atoms with Crippen molar-refractivity contribution in [3.63, 3.8) is 0 Å². The van der Waals surface area contributed by atoms with Crippen molar-refractivity contribution in [3.8, 4) is 22.9 Å². The van der Waals surface area contributed by atoms with Crippen LogP contribution < -0.4 is 14.8 Å². The first-order valence-electron chi connectivity index (χ1n) is 8.68. The van der Waals surface area contributed by atoms with Crippen LogP contribution in [0.1, 0.15) is 19.2 Å². The number of nitrogens with one attached hydrogen (secondary N) is 1. The molecular weight excluding hydrogens is 346 g/mol. The number of benzene rings is 2. The van der Waals surface area contributed by atoms with E-state index < -0.39 is 0 Å². The molecule has 1 amide bonds. The number of ether oxygens (including phenoxy) is 2. The topological polar surface area (TPSA) is 86.5 Å². The Kier molecular flexibility index (Phi) is 6.04. The Labute approximate surface area is 157 Å². The van der Waals surface area contributed by atoms with Gasteiger partial charge in [-0.2, -0.15) is 4.98 Å². The number of hydrogen-bond acceptors (Lipinski definition) is 6. The lowest BCUT2D eigenvalue weighted by Gasteiger charge is -2.09. The highest BCUT2D eigenvalue weighted by Gasteiger charge is 2.13. The van der Waals surface area contributed by atoms with Crippen LogP contribution in [0.4, 0.5) is 5.69 Å². The van der Waals surface area contributed by atoms with Gasteiger partial charge in [-0.25, -0.2) is 0 Å². The van der Waals surface area contributed by atoms with Crippen LogP contribution in [-0.4, -0.2) is 29.8 Å². The van der Waals surface area contributed by atoms with E-state index in [4.69, 9.17) is 14.0 Å². The van der Waals surface area contributed by atoms with Crippen molar-refractivity contribution in [1.29, 1.82) is 0 Å². The van der Waals surface area contributed by atoms with E-state index in [-0.39, 0.29) is 12.3 Å². The monoisotopic (exact) mass is 367 g/mol. The Morgan fingerprint density at radius 1 is 1.15 bits per heavy atom. The SMILES string of the molecule is CCOc1ccc(-c2noc(CCC(=O)Nc3ccccc3)n2)cc1OC. The lowest BCUT2D eigenvalue weighted by Crippen LogP contribution is -2.12. The second-order valence-corrected chi connectivity index (χ2v) is 5.72. The van der Waals surface area contributed by atoms with Gasteiger partial charge < -0.3 is 19.3 Å². The largest absolute Gasteiger partial charge is 0.493 e. The predicted molar refractivity (Wildman–Crippen MR) is 101 cm³/mol. The molecule has 0 saturated heterocycles. The van der Waals surface area contributed by atoms with Crippen LogP contribution in [0, 0.1) is 0 Å². The second-order valence-electron chi connectivity index (χ2n) is 5.72. The highest BCUT2D eigenvalue weighted by molar-refractivity contribution is 5.90. The fourth-order valence-corrected chi connectivity index (χ4v) is 2.52. The minimum Gasteiger partial charge on any atom is -0.493 e. The summed E-state index contributed by atoms with van der Waals surface area (Å²) in [7, 11) is 1.58. The summed E-state index contributed by atoms with van der Waals surface area (Å²) in [6.07, 6.45) is 0.614. The van der Waals surface area contributed by atoms with Crippen LogP contribution in [0.25, 0.3) is 11.4 Å². The maximum atomic E-state index is 12.0. The molecule has 3 aromatic rings. The van der Waals surface area contributed by atoms with E-state index in [1.165, 1.54) is 0 Å². The number of anilines is 1. The zero-order valence-electron chi connectivity index (χ0n) is 15.3. The lowest BCUT2D eigenvalue weighted by molar-refractivity contribution is -0.116. The van der Waals surface area contributed by atoms with Gasteiger partial charge in [0.05, 0.1) is 13.7 Å². The Bertz CT molecular complexity index is 893. The number of rotatable bonds is 8. The average Bonchev–Trinajstić information content (AvgIpc) is 3.17. The summed E-state index contributed by atoms with van der Waals surface area (Å²) >= 11 is 0. The molecule has 2 aromatic carbocycles. The van der Waals surface area contributed by atoms with Crippen molar-refractivity contribution < 1.29 is 18.8 Å². The highest BCUT2D eigenvalue weighted by atomic mass is 16.5. The number of aryl methyl sites for hydroxylation is 1. The van der Waals surface area contributed by atoms with E-state index in [1.54, 1.807) is 19.2 Å². The molecule has 0 fully saturated rings. The first kappa shape index (κ1) is 18.4. The van der Waals surface area contributed by atoms with E-state index in [0.717, 1.165) is 11.3 Å². The van der Waals surface area contributed by atoms with Gasteiger partial charge in [0, 0.05) is 24.1 Å². The van der Waals surface area contributed by atoms with E-state index in [9.17, 15) is 4.79 Å². The van der Waals surface area contributed by atoms with Gasteiger partial charge in [0.15, 0.2) is 11.5 Å². The van der Waals surface area contributed by atoms with Crippen LogP contribution in [0.3, 0.4) is 0 Å². The Morgan fingerprint density at radius 3 is 2.70 bits per heavy atom. The number of carbonyl (C=O) groups is 1. The molecular formula is C20H21N3O4. The Hall–Kier alpha value is -3.35. The summed E-state index contributed by atoms with van der Waals surface area (Å²) in [6, 6.07) is 14.7. The molecule has 3 rings (SSSR count). The fraction of sp³-hybridized carbons (Fsp3) is 0.250. The predicted octanol–water partition coefficient (Wildman–Crippen LogP) is 3.72. The molecule has 0 atom stereocenters. The van der Waals surface area contributed by atoms with Crippen molar-refractivity contribution in [2.75, 3.05) is 19.0 Å². The summed E-state index contributed by atoms with van der Waals surface area (Å²) < 4.78 is 16.1. The third-order valence-electron chi connectivity index (χ3n) is 3.81. The molecule has 0 aliphatic carbocycles. The van der Waals surface area contributed by atoms with E-state index >= 15 is 0 Å². The minimum absolute atomic E-state index is 0.108. The molecule has 0 unspecified atom stereocenters. The number of nitrogens with zero attached hydrogens (tertiary/aromatic N) is 2. The second kappa shape index (κ2) is 8.84. The summed E-state index contributed by atoms with van der Waals surface area (Å²) in [5.41, 5.74) is 1.51. The van der Waals surface area contributed by atoms with Gasteiger partial charge in [-0.15, -0.1) is 0 Å². The Balaban J connectivity index is 1.62. The molecule has 0 spiro atoms. The average molecular weight is 367 g/mol. The van der Waals surface area contributed by atoms with Crippen LogP contribution in [0.2, 0.25) is 0 Å². The molecule has 0 radical (unpaired) electrons. The van der Waals surface area contributed by atoms with E-state index in [1.807, 2.05) is 43.3 Å². The highest BCUT2D eigenvalue weighted by Crippen LogP contribution is 2.31. The third-order valence-corrected chi connectivity index (χ3v) is 3.81. The molecule has 1 N–H and O–H groups in total. The normalized spacial score (nSPS) is 10.4. The molecule has 0 bridgehead atoms. The number of amides is 1. The molecule has 140 valence electrons. The Morgan fingerprint density at radius 2 is 1.96 bits per heavy atom. The third kappa shape index (κ3) is 4.84. The van der Waals surface area contributed by atoms with Crippen LogP contribution in [0.5, 0.6) is 11.5 Å².